The van der Waals surface area contributed by atoms with Gasteiger partial charge in [0.15, 0.2) is 0 Å². The molecular weight excluding hydrogens is 186 g/mol. The smallest absolute Gasteiger partial charge is 0.0207 e. The van der Waals surface area contributed by atoms with Gasteiger partial charge in [-0.25, -0.2) is 0 Å². The van der Waals surface area contributed by atoms with E-state index < -0.39 is 0 Å². The Labute approximate surface area is 93.6 Å². The molecule has 0 saturated carbocycles. The van der Waals surface area contributed by atoms with E-state index >= 15 is 0 Å². The molecule has 3 heteroatoms. The summed E-state index contributed by atoms with van der Waals surface area (Å²) in [6, 6.07) is 2.23. The number of hydrogen-bond acceptors (Lipinski definition) is 3. The van der Waals surface area contributed by atoms with Crippen LogP contribution in [-0.4, -0.2) is 49.2 Å². The molecule has 15 heavy (non-hydrogen) atoms. The SMILES string of the molecule is CC(C)N1CCC(NC2CCNC2)CC1. The molecule has 0 aromatic carbocycles. The highest BCUT2D eigenvalue weighted by Crippen LogP contribution is 2.14. The monoisotopic (exact) mass is 211 g/mol. The number of nitrogens with zero attached hydrogens (tertiary/aromatic N) is 1. The lowest BCUT2D eigenvalue weighted by Crippen LogP contribution is -2.48. The lowest BCUT2D eigenvalue weighted by Gasteiger charge is -2.36. The van der Waals surface area contributed by atoms with Crippen LogP contribution in [0.4, 0.5) is 0 Å². The lowest BCUT2D eigenvalue weighted by atomic mass is 10.0. The van der Waals surface area contributed by atoms with Gasteiger partial charge in [0.1, 0.15) is 0 Å². The van der Waals surface area contributed by atoms with Gasteiger partial charge in [0.05, 0.1) is 0 Å². The van der Waals surface area contributed by atoms with Gasteiger partial charge >= 0.3 is 0 Å². The summed E-state index contributed by atoms with van der Waals surface area (Å²) < 4.78 is 0. The van der Waals surface area contributed by atoms with E-state index in [1.54, 1.807) is 0 Å². The molecule has 1 atom stereocenters. The van der Waals surface area contributed by atoms with E-state index in [0.29, 0.717) is 0 Å². The van der Waals surface area contributed by atoms with Crippen LogP contribution in [0.2, 0.25) is 0 Å². The molecule has 2 aliphatic rings. The van der Waals surface area contributed by atoms with E-state index in [1.165, 1.54) is 45.4 Å². The summed E-state index contributed by atoms with van der Waals surface area (Å²) in [7, 11) is 0. The Kier molecular flexibility index (Phi) is 4.00. The summed E-state index contributed by atoms with van der Waals surface area (Å²) in [5, 5.41) is 7.20. The molecule has 0 spiro atoms. The van der Waals surface area contributed by atoms with Crippen molar-refractivity contribution in [2.75, 3.05) is 26.2 Å². The second kappa shape index (κ2) is 5.28. The first-order chi connectivity index (χ1) is 7.25. The first-order valence-corrected chi connectivity index (χ1v) is 6.46. The minimum absolute atomic E-state index is 0.721. The molecule has 2 aliphatic heterocycles. The van der Waals surface area contributed by atoms with Crippen molar-refractivity contribution in [3.63, 3.8) is 0 Å². The number of hydrogen-bond donors (Lipinski definition) is 2. The van der Waals surface area contributed by atoms with Gasteiger partial charge < -0.3 is 15.5 Å². The molecule has 0 aromatic rings. The van der Waals surface area contributed by atoms with Crippen LogP contribution in [-0.2, 0) is 0 Å². The van der Waals surface area contributed by atoms with Crippen LogP contribution < -0.4 is 10.6 Å². The van der Waals surface area contributed by atoms with Crippen LogP contribution in [0.3, 0.4) is 0 Å². The van der Waals surface area contributed by atoms with Crippen molar-refractivity contribution in [1.82, 2.24) is 15.5 Å². The predicted molar refractivity (Wildman–Crippen MR) is 64.1 cm³/mol. The van der Waals surface area contributed by atoms with Crippen LogP contribution in [0.1, 0.15) is 33.1 Å². The molecule has 0 bridgehead atoms. The van der Waals surface area contributed by atoms with Crippen LogP contribution in [0.15, 0.2) is 0 Å². The normalized spacial score (nSPS) is 30.2. The zero-order chi connectivity index (χ0) is 10.7. The van der Waals surface area contributed by atoms with Gasteiger partial charge in [-0.05, 0) is 52.7 Å². The van der Waals surface area contributed by atoms with Crippen LogP contribution in [0.25, 0.3) is 0 Å². The number of rotatable bonds is 3. The summed E-state index contributed by atoms with van der Waals surface area (Å²) in [6.07, 6.45) is 3.97. The van der Waals surface area contributed by atoms with Gasteiger partial charge in [-0.3, -0.25) is 0 Å². The maximum atomic E-state index is 3.79. The predicted octanol–water partition coefficient (Wildman–Crippen LogP) is 0.811. The highest BCUT2D eigenvalue weighted by Gasteiger charge is 2.23. The first-order valence-electron chi connectivity index (χ1n) is 6.46. The molecular formula is C12H25N3. The van der Waals surface area contributed by atoms with Crippen molar-refractivity contribution >= 4 is 0 Å². The minimum atomic E-state index is 0.721. The van der Waals surface area contributed by atoms with Crippen LogP contribution in [0, 0.1) is 0 Å². The largest absolute Gasteiger partial charge is 0.315 e. The van der Waals surface area contributed by atoms with Crippen molar-refractivity contribution in [2.24, 2.45) is 0 Å². The van der Waals surface area contributed by atoms with Gasteiger partial charge in [0.25, 0.3) is 0 Å². The molecule has 3 nitrogen and oxygen atoms in total. The Morgan fingerprint density at radius 3 is 2.40 bits per heavy atom. The van der Waals surface area contributed by atoms with E-state index in [-0.39, 0.29) is 0 Å². The summed E-state index contributed by atoms with van der Waals surface area (Å²) in [6.45, 7) is 9.52. The molecule has 1 unspecified atom stereocenters. The molecule has 0 aromatic heterocycles. The van der Waals surface area contributed by atoms with Gasteiger partial charge in [-0.1, -0.05) is 0 Å². The molecule has 2 heterocycles. The quantitative estimate of drug-likeness (QED) is 0.723. The van der Waals surface area contributed by atoms with E-state index in [2.05, 4.69) is 29.4 Å². The molecule has 0 radical (unpaired) electrons. The fraction of sp³-hybridized carbons (Fsp3) is 1.00. The fourth-order valence-corrected chi connectivity index (χ4v) is 2.71. The highest BCUT2D eigenvalue weighted by molar-refractivity contribution is 4.85. The second-order valence-corrected chi connectivity index (χ2v) is 5.26. The van der Waals surface area contributed by atoms with Crippen molar-refractivity contribution in [3.8, 4) is 0 Å². The van der Waals surface area contributed by atoms with Crippen molar-refractivity contribution in [2.45, 2.75) is 51.2 Å². The minimum Gasteiger partial charge on any atom is -0.315 e. The van der Waals surface area contributed by atoms with Crippen molar-refractivity contribution in [3.05, 3.63) is 0 Å². The lowest BCUT2D eigenvalue weighted by molar-refractivity contribution is 0.157. The Morgan fingerprint density at radius 1 is 1.13 bits per heavy atom. The Bertz CT molecular complexity index is 179. The first kappa shape index (κ1) is 11.4. The van der Waals surface area contributed by atoms with Crippen LogP contribution in [0.5, 0.6) is 0 Å². The third kappa shape index (κ3) is 3.16. The van der Waals surface area contributed by atoms with Gasteiger partial charge in [-0.2, -0.15) is 0 Å². The van der Waals surface area contributed by atoms with Crippen LogP contribution >= 0.6 is 0 Å². The van der Waals surface area contributed by atoms with E-state index in [4.69, 9.17) is 0 Å². The zero-order valence-corrected chi connectivity index (χ0v) is 10.1. The van der Waals surface area contributed by atoms with Gasteiger partial charge in [0, 0.05) is 24.7 Å². The van der Waals surface area contributed by atoms with E-state index in [1.807, 2.05) is 0 Å². The average molecular weight is 211 g/mol. The number of likely N-dealkylation sites (tertiary alicyclic amines) is 1. The summed E-state index contributed by atoms with van der Waals surface area (Å²) in [5.74, 6) is 0. The summed E-state index contributed by atoms with van der Waals surface area (Å²) >= 11 is 0. The summed E-state index contributed by atoms with van der Waals surface area (Å²) in [4.78, 5) is 2.59. The Balaban J connectivity index is 1.68. The second-order valence-electron chi connectivity index (χ2n) is 5.26. The molecule has 0 amide bonds. The number of nitrogens with one attached hydrogen (secondary N) is 2. The maximum Gasteiger partial charge on any atom is 0.0207 e. The van der Waals surface area contributed by atoms with Gasteiger partial charge in [-0.15, -0.1) is 0 Å². The maximum absolute atomic E-state index is 3.79. The number of piperidine rings is 1. The molecule has 2 N–H and O–H groups in total. The molecule has 2 rings (SSSR count). The molecule has 88 valence electrons. The molecule has 2 saturated heterocycles. The van der Waals surface area contributed by atoms with Crippen molar-refractivity contribution < 1.29 is 0 Å². The Morgan fingerprint density at radius 2 is 1.87 bits per heavy atom. The standard InChI is InChI=1S/C12H25N3/c1-10(2)15-7-4-11(5-8-15)14-12-3-6-13-9-12/h10-14H,3-9H2,1-2H3. The summed E-state index contributed by atoms with van der Waals surface area (Å²) in [5.41, 5.74) is 0. The average Bonchev–Trinajstić information content (AvgIpc) is 2.71. The topological polar surface area (TPSA) is 27.3 Å². The van der Waals surface area contributed by atoms with Crippen molar-refractivity contribution in [1.29, 1.82) is 0 Å². The zero-order valence-electron chi connectivity index (χ0n) is 10.1. The molecule has 0 aliphatic carbocycles. The molecule has 2 fully saturated rings. The van der Waals surface area contributed by atoms with Gasteiger partial charge in [0.2, 0.25) is 0 Å². The van der Waals surface area contributed by atoms with E-state index in [0.717, 1.165) is 18.1 Å². The fourth-order valence-electron chi connectivity index (χ4n) is 2.71. The van der Waals surface area contributed by atoms with E-state index in [9.17, 15) is 0 Å². The Hall–Kier alpha value is -0.120. The third-order valence-electron chi connectivity index (χ3n) is 3.79. The third-order valence-corrected chi connectivity index (χ3v) is 3.79. The highest BCUT2D eigenvalue weighted by atomic mass is 15.2.